The van der Waals surface area contributed by atoms with Gasteiger partial charge in [-0.2, -0.15) is 0 Å². The van der Waals surface area contributed by atoms with Crippen molar-refractivity contribution in [3.8, 4) is 0 Å². The number of aryl methyl sites for hydroxylation is 1. The summed E-state index contributed by atoms with van der Waals surface area (Å²) in [5.41, 5.74) is 1.33. The van der Waals surface area contributed by atoms with Gasteiger partial charge in [-0.3, -0.25) is 0 Å². The number of imidazole rings is 1. The Kier molecular flexibility index (Phi) is 2.72. The van der Waals surface area contributed by atoms with Crippen LogP contribution in [0.3, 0.4) is 0 Å². The highest BCUT2D eigenvalue weighted by Crippen LogP contribution is 2.26. The van der Waals surface area contributed by atoms with E-state index in [-0.39, 0.29) is 0 Å². The van der Waals surface area contributed by atoms with Crippen molar-refractivity contribution in [2.75, 3.05) is 13.1 Å². The Balaban J connectivity index is 1.80. The molecule has 1 fully saturated rings. The molecule has 0 spiro atoms. The average Bonchev–Trinajstić information content (AvgIpc) is 2.73. The minimum atomic E-state index is 0.655. The van der Waals surface area contributed by atoms with Crippen molar-refractivity contribution < 1.29 is 0 Å². The summed E-state index contributed by atoms with van der Waals surface area (Å²) in [6.07, 6.45) is 7.38. The topological polar surface area (TPSA) is 29.9 Å². The molecule has 0 bridgehead atoms. The molecule has 3 heterocycles. The van der Waals surface area contributed by atoms with Crippen molar-refractivity contribution in [3.05, 3.63) is 17.7 Å². The first-order valence-electron chi connectivity index (χ1n) is 6.59. The predicted octanol–water partition coefficient (Wildman–Crippen LogP) is 1.93. The number of rotatable bonds is 1. The van der Waals surface area contributed by atoms with Crippen molar-refractivity contribution in [1.82, 2.24) is 14.9 Å². The molecule has 88 valence electrons. The highest BCUT2D eigenvalue weighted by Gasteiger charge is 2.22. The van der Waals surface area contributed by atoms with E-state index in [1.54, 1.807) is 0 Å². The quantitative estimate of drug-likeness (QED) is 0.782. The molecule has 0 aliphatic carbocycles. The van der Waals surface area contributed by atoms with Crippen LogP contribution < -0.4 is 5.32 Å². The van der Waals surface area contributed by atoms with Crippen LogP contribution in [0.5, 0.6) is 0 Å². The first-order valence-corrected chi connectivity index (χ1v) is 6.59. The lowest BCUT2D eigenvalue weighted by Gasteiger charge is -2.20. The monoisotopic (exact) mass is 219 g/mol. The summed E-state index contributed by atoms with van der Waals surface area (Å²) in [7, 11) is 0. The molecule has 2 aliphatic heterocycles. The zero-order valence-corrected chi connectivity index (χ0v) is 10.1. The van der Waals surface area contributed by atoms with E-state index in [4.69, 9.17) is 4.98 Å². The molecular weight excluding hydrogens is 198 g/mol. The molecule has 0 aromatic carbocycles. The molecule has 0 radical (unpaired) electrons. The summed E-state index contributed by atoms with van der Waals surface area (Å²) < 4.78 is 2.39. The Morgan fingerprint density at radius 3 is 3.19 bits per heavy atom. The van der Waals surface area contributed by atoms with Gasteiger partial charge in [0.1, 0.15) is 5.82 Å². The summed E-state index contributed by atoms with van der Waals surface area (Å²) >= 11 is 0. The maximum atomic E-state index is 4.83. The standard InChI is InChI=1S/C13H21N3/c1-10-4-5-13-15-12(9-16(13)8-10)11-3-2-6-14-7-11/h9-11,14H,2-8H2,1H3/t10-,11-/m0/s1. The molecule has 16 heavy (non-hydrogen) atoms. The van der Waals surface area contributed by atoms with Crippen LogP contribution in [0.15, 0.2) is 6.20 Å². The molecule has 3 heteroatoms. The third kappa shape index (κ3) is 1.88. The predicted molar refractivity (Wildman–Crippen MR) is 64.6 cm³/mol. The summed E-state index contributed by atoms with van der Waals surface area (Å²) in [6, 6.07) is 0. The van der Waals surface area contributed by atoms with E-state index < -0.39 is 0 Å². The molecule has 2 aliphatic rings. The normalized spacial score (nSPS) is 30.1. The van der Waals surface area contributed by atoms with Crippen molar-refractivity contribution in [2.45, 2.75) is 45.1 Å². The SMILES string of the molecule is C[C@H]1CCc2nc([C@H]3CCCNC3)cn2C1. The lowest BCUT2D eigenvalue weighted by molar-refractivity contribution is 0.394. The fraction of sp³-hybridized carbons (Fsp3) is 0.769. The van der Waals surface area contributed by atoms with Crippen LogP contribution in [0.1, 0.15) is 43.6 Å². The van der Waals surface area contributed by atoms with Gasteiger partial charge in [-0.25, -0.2) is 4.98 Å². The van der Waals surface area contributed by atoms with Gasteiger partial charge < -0.3 is 9.88 Å². The fourth-order valence-electron chi connectivity index (χ4n) is 2.94. The Labute approximate surface area is 97.3 Å². The van der Waals surface area contributed by atoms with Gasteiger partial charge in [-0.15, -0.1) is 0 Å². The molecule has 3 rings (SSSR count). The highest BCUT2D eigenvalue weighted by atomic mass is 15.1. The largest absolute Gasteiger partial charge is 0.334 e. The summed E-state index contributed by atoms with van der Waals surface area (Å²) in [4.78, 5) is 4.83. The lowest BCUT2D eigenvalue weighted by Crippen LogP contribution is -2.28. The number of piperidine rings is 1. The zero-order valence-electron chi connectivity index (χ0n) is 10.1. The van der Waals surface area contributed by atoms with Gasteiger partial charge >= 0.3 is 0 Å². The first kappa shape index (κ1) is 10.3. The van der Waals surface area contributed by atoms with Gasteiger partial charge in [0, 0.05) is 31.6 Å². The number of nitrogens with zero attached hydrogens (tertiary/aromatic N) is 2. The molecule has 1 saturated heterocycles. The molecule has 2 atom stereocenters. The lowest BCUT2D eigenvalue weighted by atomic mass is 9.97. The van der Waals surface area contributed by atoms with Crippen LogP contribution in [0, 0.1) is 5.92 Å². The third-order valence-corrected chi connectivity index (χ3v) is 3.96. The first-order chi connectivity index (χ1) is 7.83. The van der Waals surface area contributed by atoms with Crippen molar-refractivity contribution in [1.29, 1.82) is 0 Å². The van der Waals surface area contributed by atoms with Crippen LogP contribution in [0.4, 0.5) is 0 Å². The Morgan fingerprint density at radius 1 is 1.44 bits per heavy atom. The van der Waals surface area contributed by atoms with Gasteiger partial charge in [-0.05, 0) is 31.7 Å². The summed E-state index contributed by atoms with van der Waals surface area (Å²) in [5, 5.41) is 3.47. The number of nitrogens with one attached hydrogen (secondary N) is 1. The number of hydrogen-bond acceptors (Lipinski definition) is 2. The van der Waals surface area contributed by atoms with E-state index in [9.17, 15) is 0 Å². The molecule has 3 nitrogen and oxygen atoms in total. The Hall–Kier alpha value is -0.830. The molecule has 0 saturated carbocycles. The molecule has 1 aromatic rings. The second-order valence-corrected chi connectivity index (χ2v) is 5.42. The van der Waals surface area contributed by atoms with E-state index in [0.29, 0.717) is 5.92 Å². The smallest absolute Gasteiger partial charge is 0.108 e. The van der Waals surface area contributed by atoms with Gasteiger partial charge in [0.25, 0.3) is 0 Å². The summed E-state index contributed by atoms with van der Waals surface area (Å²) in [6.45, 7) is 5.81. The number of fused-ring (bicyclic) bond motifs is 1. The van der Waals surface area contributed by atoms with E-state index in [2.05, 4.69) is 23.0 Å². The van der Waals surface area contributed by atoms with Crippen molar-refractivity contribution in [3.63, 3.8) is 0 Å². The van der Waals surface area contributed by atoms with E-state index in [1.807, 2.05) is 0 Å². The van der Waals surface area contributed by atoms with E-state index in [0.717, 1.165) is 12.5 Å². The van der Waals surface area contributed by atoms with Crippen LogP contribution in [-0.4, -0.2) is 22.6 Å². The second-order valence-electron chi connectivity index (χ2n) is 5.42. The van der Waals surface area contributed by atoms with Crippen molar-refractivity contribution >= 4 is 0 Å². The Bertz CT molecular complexity index is 363. The second kappa shape index (κ2) is 4.21. The van der Waals surface area contributed by atoms with Gasteiger partial charge in [0.15, 0.2) is 0 Å². The molecule has 0 unspecified atom stereocenters. The maximum Gasteiger partial charge on any atom is 0.108 e. The van der Waals surface area contributed by atoms with Crippen LogP contribution in [0.25, 0.3) is 0 Å². The zero-order chi connectivity index (χ0) is 11.0. The van der Waals surface area contributed by atoms with Gasteiger partial charge in [-0.1, -0.05) is 6.92 Å². The minimum Gasteiger partial charge on any atom is -0.334 e. The average molecular weight is 219 g/mol. The molecule has 1 N–H and O–H groups in total. The van der Waals surface area contributed by atoms with E-state index >= 15 is 0 Å². The van der Waals surface area contributed by atoms with E-state index in [1.165, 1.54) is 50.3 Å². The summed E-state index contributed by atoms with van der Waals surface area (Å²) in [5.74, 6) is 2.79. The fourth-order valence-corrected chi connectivity index (χ4v) is 2.94. The molecular formula is C13H21N3. The van der Waals surface area contributed by atoms with Crippen molar-refractivity contribution in [2.24, 2.45) is 5.92 Å². The van der Waals surface area contributed by atoms with Gasteiger partial charge in [0.2, 0.25) is 0 Å². The Morgan fingerprint density at radius 2 is 2.38 bits per heavy atom. The van der Waals surface area contributed by atoms with Gasteiger partial charge in [0.05, 0.1) is 5.69 Å². The minimum absolute atomic E-state index is 0.655. The molecule has 0 amide bonds. The number of hydrogen-bond donors (Lipinski definition) is 1. The maximum absolute atomic E-state index is 4.83. The highest BCUT2D eigenvalue weighted by molar-refractivity contribution is 5.12. The van der Waals surface area contributed by atoms with Crippen LogP contribution >= 0.6 is 0 Å². The number of aromatic nitrogens is 2. The van der Waals surface area contributed by atoms with Crippen LogP contribution in [0.2, 0.25) is 0 Å². The van der Waals surface area contributed by atoms with Crippen LogP contribution in [-0.2, 0) is 13.0 Å². The molecule has 1 aromatic heterocycles. The third-order valence-electron chi connectivity index (χ3n) is 3.96.